The third kappa shape index (κ3) is 3.47. The summed E-state index contributed by atoms with van der Waals surface area (Å²) in [6.45, 7) is 4.47. The Morgan fingerprint density at radius 3 is 2.12 bits per heavy atom. The maximum absolute atomic E-state index is 12.7. The van der Waals surface area contributed by atoms with Gasteiger partial charge in [0.05, 0.1) is 4.90 Å². The predicted octanol–water partition coefficient (Wildman–Crippen LogP) is 3.43. The van der Waals surface area contributed by atoms with E-state index < -0.39 is 10.0 Å². The van der Waals surface area contributed by atoms with Gasteiger partial charge in [-0.2, -0.15) is 4.31 Å². The second kappa shape index (κ2) is 7.16. The third-order valence-corrected chi connectivity index (χ3v) is 5.92. The lowest BCUT2D eigenvalue weighted by atomic mass is 10.2. The Balaban J connectivity index is 1.97. The highest BCUT2D eigenvalue weighted by Gasteiger charge is 2.22. The summed E-state index contributed by atoms with van der Waals surface area (Å²) >= 11 is 0. The molecule has 7 heteroatoms. The Bertz CT molecular complexity index is 948. The number of hydrogen-bond donors (Lipinski definition) is 0. The van der Waals surface area contributed by atoms with Gasteiger partial charge in [-0.05, 0) is 30.3 Å². The van der Waals surface area contributed by atoms with Crippen molar-refractivity contribution in [3.8, 4) is 22.9 Å². The zero-order valence-electron chi connectivity index (χ0n) is 14.1. The molecule has 0 bridgehead atoms. The van der Waals surface area contributed by atoms with Gasteiger partial charge in [0.1, 0.15) is 0 Å². The highest BCUT2D eigenvalue weighted by atomic mass is 32.2. The number of hydrogen-bond acceptors (Lipinski definition) is 5. The summed E-state index contributed by atoms with van der Waals surface area (Å²) in [6, 6.07) is 16.0. The zero-order chi connectivity index (χ0) is 17.9. The standard InChI is InChI=1S/C18H19N3O3S/c1-3-21(4-2)25(22,23)16-12-8-11-15(13-16)18-20-19-17(24-18)14-9-6-5-7-10-14/h5-13H,3-4H2,1-2H3. The van der Waals surface area contributed by atoms with Gasteiger partial charge in [-0.1, -0.05) is 38.1 Å². The van der Waals surface area contributed by atoms with Crippen LogP contribution in [0.3, 0.4) is 0 Å². The molecule has 25 heavy (non-hydrogen) atoms. The maximum Gasteiger partial charge on any atom is 0.248 e. The number of benzene rings is 2. The Morgan fingerprint density at radius 1 is 0.880 bits per heavy atom. The minimum atomic E-state index is -3.53. The summed E-state index contributed by atoms with van der Waals surface area (Å²) in [6.07, 6.45) is 0. The molecule has 0 N–H and O–H groups in total. The van der Waals surface area contributed by atoms with Crippen LogP contribution < -0.4 is 0 Å². The van der Waals surface area contributed by atoms with Crippen LogP contribution in [0.4, 0.5) is 0 Å². The molecule has 0 unspecified atom stereocenters. The molecule has 0 atom stereocenters. The minimum absolute atomic E-state index is 0.216. The number of rotatable bonds is 6. The van der Waals surface area contributed by atoms with Crippen LogP contribution in [-0.2, 0) is 10.0 Å². The van der Waals surface area contributed by atoms with E-state index >= 15 is 0 Å². The SMILES string of the molecule is CCN(CC)S(=O)(=O)c1cccc(-c2nnc(-c3ccccc3)o2)c1. The third-order valence-electron chi connectivity index (χ3n) is 3.87. The molecule has 0 amide bonds. The topological polar surface area (TPSA) is 76.3 Å². The lowest BCUT2D eigenvalue weighted by Crippen LogP contribution is -2.30. The summed E-state index contributed by atoms with van der Waals surface area (Å²) in [5.41, 5.74) is 1.39. The largest absolute Gasteiger partial charge is 0.416 e. The van der Waals surface area contributed by atoms with Crippen molar-refractivity contribution in [2.24, 2.45) is 0 Å². The molecule has 0 spiro atoms. The van der Waals surface area contributed by atoms with E-state index in [1.165, 1.54) is 4.31 Å². The van der Waals surface area contributed by atoms with Crippen LogP contribution in [0.15, 0.2) is 63.9 Å². The molecule has 1 aromatic heterocycles. The number of aromatic nitrogens is 2. The smallest absolute Gasteiger partial charge is 0.248 e. The van der Waals surface area contributed by atoms with Crippen molar-refractivity contribution >= 4 is 10.0 Å². The molecular formula is C18H19N3O3S. The molecule has 2 aromatic carbocycles. The van der Waals surface area contributed by atoms with Gasteiger partial charge in [-0.15, -0.1) is 10.2 Å². The van der Waals surface area contributed by atoms with Gasteiger partial charge in [0.15, 0.2) is 0 Å². The fraction of sp³-hybridized carbons (Fsp3) is 0.222. The van der Waals surface area contributed by atoms with Crippen molar-refractivity contribution in [1.29, 1.82) is 0 Å². The van der Waals surface area contributed by atoms with Crippen molar-refractivity contribution < 1.29 is 12.8 Å². The summed E-state index contributed by atoms with van der Waals surface area (Å²) in [4.78, 5) is 0.216. The van der Waals surface area contributed by atoms with E-state index in [0.29, 0.717) is 24.5 Å². The monoisotopic (exact) mass is 357 g/mol. The van der Waals surface area contributed by atoms with E-state index in [9.17, 15) is 8.42 Å². The molecule has 0 saturated heterocycles. The predicted molar refractivity (Wildman–Crippen MR) is 95.3 cm³/mol. The van der Waals surface area contributed by atoms with Gasteiger partial charge < -0.3 is 4.42 Å². The first-order valence-corrected chi connectivity index (χ1v) is 9.49. The van der Waals surface area contributed by atoms with Gasteiger partial charge in [0.2, 0.25) is 21.8 Å². The second-order valence-electron chi connectivity index (χ2n) is 5.40. The molecule has 130 valence electrons. The van der Waals surface area contributed by atoms with Crippen molar-refractivity contribution in [3.05, 3.63) is 54.6 Å². The van der Waals surface area contributed by atoms with E-state index in [2.05, 4.69) is 10.2 Å². The van der Waals surface area contributed by atoms with Crippen LogP contribution in [-0.4, -0.2) is 36.0 Å². The van der Waals surface area contributed by atoms with Crippen LogP contribution in [0.2, 0.25) is 0 Å². The summed E-state index contributed by atoms with van der Waals surface area (Å²) in [5, 5.41) is 8.09. The van der Waals surface area contributed by atoms with Crippen molar-refractivity contribution in [2.75, 3.05) is 13.1 Å². The Hall–Kier alpha value is -2.51. The molecule has 3 aromatic rings. The van der Waals surface area contributed by atoms with Gasteiger partial charge in [0, 0.05) is 24.2 Å². The lowest BCUT2D eigenvalue weighted by molar-refractivity contribution is 0.445. The first-order chi connectivity index (χ1) is 12.1. The number of sulfonamides is 1. The first-order valence-electron chi connectivity index (χ1n) is 8.05. The molecule has 0 radical (unpaired) electrons. The van der Waals surface area contributed by atoms with Crippen molar-refractivity contribution in [3.63, 3.8) is 0 Å². The highest BCUT2D eigenvalue weighted by molar-refractivity contribution is 7.89. The van der Waals surface area contributed by atoms with Gasteiger partial charge in [0.25, 0.3) is 0 Å². The Labute approximate surface area is 147 Å². The fourth-order valence-electron chi connectivity index (χ4n) is 2.54. The maximum atomic E-state index is 12.7. The molecule has 6 nitrogen and oxygen atoms in total. The second-order valence-corrected chi connectivity index (χ2v) is 7.33. The van der Waals surface area contributed by atoms with E-state index in [0.717, 1.165) is 5.56 Å². The average molecular weight is 357 g/mol. The quantitative estimate of drug-likeness (QED) is 0.675. The van der Waals surface area contributed by atoms with Crippen LogP contribution >= 0.6 is 0 Å². The molecule has 3 rings (SSSR count). The van der Waals surface area contributed by atoms with E-state index in [1.54, 1.807) is 24.3 Å². The average Bonchev–Trinajstić information content (AvgIpc) is 3.13. The Kier molecular flexibility index (Phi) is 4.96. The van der Waals surface area contributed by atoms with Crippen molar-refractivity contribution in [2.45, 2.75) is 18.7 Å². The summed E-state index contributed by atoms with van der Waals surface area (Å²) in [7, 11) is -3.53. The molecule has 0 fully saturated rings. The fourth-order valence-corrected chi connectivity index (χ4v) is 4.04. The summed E-state index contributed by atoms with van der Waals surface area (Å²) in [5.74, 6) is 0.683. The molecular weight excluding hydrogens is 338 g/mol. The molecule has 1 heterocycles. The normalized spacial score (nSPS) is 11.8. The van der Waals surface area contributed by atoms with Gasteiger partial charge >= 0.3 is 0 Å². The number of nitrogens with zero attached hydrogens (tertiary/aromatic N) is 3. The molecule has 0 saturated carbocycles. The van der Waals surface area contributed by atoms with Crippen LogP contribution in [0.1, 0.15) is 13.8 Å². The van der Waals surface area contributed by atoms with E-state index in [1.807, 2.05) is 44.2 Å². The van der Waals surface area contributed by atoms with Crippen molar-refractivity contribution in [1.82, 2.24) is 14.5 Å². The van der Waals surface area contributed by atoms with E-state index in [4.69, 9.17) is 4.42 Å². The molecule has 0 aliphatic heterocycles. The van der Waals surface area contributed by atoms with E-state index in [-0.39, 0.29) is 10.8 Å². The highest BCUT2D eigenvalue weighted by Crippen LogP contribution is 2.26. The van der Waals surface area contributed by atoms with Gasteiger partial charge in [-0.3, -0.25) is 0 Å². The van der Waals surface area contributed by atoms with Gasteiger partial charge in [-0.25, -0.2) is 8.42 Å². The molecule has 0 aliphatic carbocycles. The first kappa shape index (κ1) is 17.3. The summed E-state index contributed by atoms with van der Waals surface area (Å²) < 4.78 is 32.4. The van der Waals surface area contributed by atoms with Crippen LogP contribution in [0.5, 0.6) is 0 Å². The minimum Gasteiger partial charge on any atom is -0.416 e. The zero-order valence-corrected chi connectivity index (χ0v) is 14.9. The molecule has 0 aliphatic rings. The Morgan fingerprint density at radius 2 is 1.48 bits per heavy atom. The van der Waals surface area contributed by atoms with Crippen LogP contribution in [0.25, 0.3) is 22.9 Å². The lowest BCUT2D eigenvalue weighted by Gasteiger charge is -2.18. The van der Waals surface area contributed by atoms with Crippen LogP contribution in [0, 0.1) is 0 Å².